The third kappa shape index (κ3) is 5.49. The first-order chi connectivity index (χ1) is 12.7. The quantitative estimate of drug-likeness (QED) is 0.735. The summed E-state index contributed by atoms with van der Waals surface area (Å²) in [5.41, 5.74) is 0.262. The molecule has 0 spiro atoms. The van der Waals surface area contributed by atoms with Crippen molar-refractivity contribution in [3.63, 3.8) is 0 Å². The zero-order chi connectivity index (χ0) is 20.2. The van der Waals surface area contributed by atoms with Gasteiger partial charge in [0.2, 0.25) is 15.9 Å². The molecular formula is C18H28ClN3O4S. The Morgan fingerprint density at radius 2 is 2.04 bits per heavy atom. The summed E-state index contributed by atoms with van der Waals surface area (Å²) < 4.78 is 31.6. The highest BCUT2D eigenvalue weighted by Crippen LogP contribution is 2.34. The lowest BCUT2D eigenvalue weighted by molar-refractivity contribution is -0.123. The van der Waals surface area contributed by atoms with E-state index in [0.29, 0.717) is 17.2 Å². The number of anilines is 1. The van der Waals surface area contributed by atoms with Gasteiger partial charge in [0.25, 0.3) is 0 Å². The van der Waals surface area contributed by atoms with E-state index in [1.165, 1.54) is 13.2 Å². The molecule has 7 nitrogen and oxygen atoms in total. The summed E-state index contributed by atoms with van der Waals surface area (Å²) >= 11 is 6.08. The molecule has 0 radical (unpaired) electrons. The van der Waals surface area contributed by atoms with Gasteiger partial charge in [-0.15, -0.1) is 0 Å². The smallest absolute Gasteiger partial charge is 0.244 e. The molecule has 0 aromatic heterocycles. The predicted octanol–water partition coefficient (Wildman–Crippen LogP) is 2.10. The van der Waals surface area contributed by atoms with Crippen LogP contribution in [0.3, 0.4) is 0 Å². The molecule has 1 heterocycles. The number of methoxy groups -OCH3 is 1. The number of amides is 1. The largest absolute Gasteiger partial charge is 0.495 e. The molecule has 1 N–H and O–H groups in total. The van der Waals surface area contributed by atoms with Crippen LogP contribution in [0.5, 0.6) is 5.75 Å². The number of nitrogens with zero attached hydrogens (tertiary/aromatic N) is 2. The van der Waals surface area contributed by atoms with Gasteiger partial charge in [0, 0.05) is 11.1 Å². The molecule has 27 heavy (non-hydrogen) atoms. The Morgan fingerprint density at radius 1 is 1.41 bits per heavy atom. The maximum atomic E-state index is 13.0. The summed E-state index contributed by atoms with van der Waals surface area (Å²) in [6, 6.07) is 3.88. The van der Waals surface area contributed by atoms with Gasteiger partial charge in [-0.05, 0) is 57.6 Å². The predicted molar refractivity (Wildman–Crippen MR) is 108 cm³/mol. The van der Waals surface area contributed by atoms with Crippen LogP contribution in [-0.4, -0.2) is 64.8 Å². The van der Waals surface area contributed by atoms with Crippen LogP contribution in [-0.2, 0) is 14.8 Å². The second-order valence-electron chi connectivity index (χ2n) is 6.89. The Bertz CT molecular complexity index is 764. The molecule has 1 atom stereocenters. The van der Waals surface area contributed by atoms with Crippen LogP contribution < -0.4 is 14.4 Å². The van der Waals surface area contributed by atoms with Crippen molar-refractivity contribution < 1.29 is 17.9 Å². The van der Waals surface area contributed by atoms with Gasteiger partial charge in [-0.2, -0.15) is 0 Å². The van der Waals surface area contributed by atoms with Crippen molar-refractivity contribution in [2.45, 2.75) is 38.3 Å². The van der Waals surface area contributed by atoms with Gasteiger partial charge in [0.05, 0.1) is 19.1 Å². The summed E-state index contributed by atoms with van der Waals surface area (Å²) in [6.45, 7) is 3.59. The van der Waals surface area contributed by atoms with Gasteiger partial charge in [-0.3, -0.25) is 9.10 Å². The molecule has 1 aliphatic heterocycles. The summed E-state index contributed by atoms with van der Waals surface area (Å²) in [5, 5.41) is 3.39. The van der Waals surface area contributed by atoms with E-state index in [0.717, 1.165) is 36.5 Å². The van der Waals surface area contributed by atoms with Crippen LogP contribution in [0.4, 0.5) is 5.69 Å². The van der Waals surface area contributed by atoms with Crippen molar-refractivity contribution >= 4 is 33.2 Å². The number of carbonyl (C=O) groups is 1. The molecule has 1 amide bonds. The summed E-state index contributed by atoms with van der Waals surface area (Å²) in [5.74, 6) is 0.0369. The number of piperidine rings is 1. The lowest BCUT2D eigenvalue weighted by Gasteiger charge is -2.34. The average Bonchev–Trinajstić information content (AvgIpc) is 2.60. The van der Waals surface area contributed by atoms with E-state index < -0.39 is 16.1 Å². The van der Waals surface area contributed by atoms with Crippen LogP contribution in [0.15, 0.2) is 18.2 Å². The van der Waals surface area contributed by atoms with Crippen molar-refractivity contribution in [2.24, 2.45) is 0 Å². The maximum absolute atomic E-state index is 13.0. The number of carbonyl (C=O) groups excluding carboxylic acids is 1. The van der Waals surface area contributed by atoms with Gasteiger partial charge in [-0.25, -0.2) is 8.42 Å². The summed E-state index contributed by atoms with van der Waals surface area (Å²) in [7, 11) is -0.251. The maximum Gasteiger partial charge on any atom is 0.244 e. The molecule has 1 aromatic rings. The zero-order valence-corrected chi connectivity index (χ0v) is 17.8. The van der Waals surface area contributed by atoms with Crippen LogP contribution >= 0.6 is 11.6 Å². The second kappa shape index (κ2) is 9.12. The highest BCUT2D eigenvalue weighted by atomic mass is 35.5. The van der Waals surface area contributed by atoms with Crippen molar-refractivity contribution in [1.29, 1.82) is 0 Å². The minimum atomic E-state index is -3.75. The number of nitrogens with one attached hydrogen (secondary N) is 1. The molecule has 1 aromatic carbocycles. The third-order valence-electron chi connectivity index (χ3n) is 4.77. The minimum absolute atomic E-state index is 0.0467. The average molecular weight is 418 g/mol. The number of halogens is 1. The van der Waals surface area contributed by atoms with E-state index >= 15 is 0 Å². The van der Waals surface area contributed by atoms with E-state index in [-0.39, 0.29) is 17.6 Å². The van der Waals surface area contributed by atoms with Crippen LogP contribution in [0.2, 0.25) is 5.02 Å². The SMILES string of the molecule is CCC(C(=O)NC1CCN(C)CC1)N(c1cc(Cl)ccc1OC)S(C)(=O)=O. The Labute approximate surface area is 166 Å². The van der Waals surface area contributed by atoms with Crippen molar-refractivity contribution in [1.82, 2.24) is 10.2 Å². The fraction of sp³-hybridized carbons (Fsp3) is 0.611. The lowest BCUT2D eigenvalue weighted by atomic mass is 10.0. The third-order valence-corrected chi connectivity index (χ3v) is 6.17. The van der Waals surface area contributed by atoms with Gasteiger partial charge in [-0.1, -0.05) is 18.5 Å². The summed E-state index contributed by atoms with van der Waals surface area (Å²) in [4.78, 5) is 15.2. The second-order valence-corrected chi connectivity index (χ2v) is 9.18. The molecule has 0 aliphatic carbocycles. The fourth-order valence-corrected chi connectivity index (χ4v) is 4.69. The first-order valence-electron chi connectivity index (χ1n) is 8.99. The van der Waals surface area contributed by atoms with Gasteiger partial charge >= 0.3 is 0 Å². The van der Waals surface area contributed by atoms with E-state index in [1.54, 1.807) is 19.1 Å². The van der Waals surface area contributed by atoms with Crippen molar-refractivity contribution in [2.75, 3.05) is 37.8 Å². The standard InChI is InChI=1S/C18H28ClN3O4S/c1-5-15(18(23)20-14-8-10-21(2)11-9-14)22(27(4,24)25)16-12-13(19)6-7-17(16)26-3/h6-7,12,14-15H,5,8-11H2,1-4H3,(H,20,23). The number of sulfonamides is 1. The van der Waals surface area contributed by atoms with Crippen LogP contribution in [0.25, 0.3) is 0 Å². The number of ether oxygens (including phenoxy) is 1. The Morgan fingerprint density at radius 3 is 2.56 bits per heavy atom. The molecule has 1 aliphatic rings. The van der Waals surface area contributed by atoms with Crippen molar-refractivity contribution in [3.05, 3.63) is 23.2 Å². The number of rotatable bonds is 7. The molecule has 2 rings (SSSR count). The lowest BCUT2D eigenvalue weighted by Crippen LogP contribution is -2.53. The molecule has 9 heteroatoms. The number of hydrogen-bond donors (Lipinski definition) is 1. The van der Waals surface area contributed by atoms with Gasteiger partial charge in [0.1, 0.15) is 11.8 Å². The van der Waals surface area contributed by atoms with Crippen LogP contribution in [0, 0.1) is 0 Å². The Kier molecular flexibility index (Phi) is 7.36. The Hall–Kier alpha value is -1.51. The first kappa shape index (κ1) is 21.8. The van der Waals surface area contributed by atoms with E-state index in [4.69, 9.17) is 16.3 Å². The van der Waals surface area contributed by atoms with Gasteiger partial charge in [0.15, 0.2) is 0 Å². The van der Waals surface area contributed by atoms with E-state index in [1.807, 2.05) is 7.05 Å². The minimum Gasteiger partial charge on any atom is -0.495 e. The Balaban J connectivity index is 2.34. The zero-order valence-electron chi connectivity index (χ0n) is 16.2. The van der Waals surface area contributed by atoms with Gasteiger partial charge < -0.3 is 15.0 Å². The number of likely N-dealkylation sites (tertiary alicyclic amines) is 1. The molecule has 152 valence electrons. The molecule has 1 fully saturated rings. The number of hydrogen-bond acceptors (Lipinski definition) is 5. The monoisotopic (exact) mass is 417 g/mol. The van der Waals surface area contributed by atoms with Crippen molar-refractivity contribution in [3.8, 4) is 5.75 Å². The topological polar surface area (TPSA) is 79.0 Å². The number of benzene rings is 1. The molecule has 1 unspecified atom stereocenters. The molecule has 1 saturated heterocycles. The molecular weight excluding hydrogens is 390 g/mol. The summed E-state index contributed by atoms with van der Waals surface area (Å²) in [6.07, 6.45) is 3.09. The highest BCUT2D eigenvalue weighted by molar-refractivity contribution is 7.92. The van der Waals surface area contributed by atoms with Crippen LogP contribution in [0.1, 0.15) is 26.2 Å². The van der Waals surface area contributed by atoms with E-state index in [2.05, 4.69) is 10.2 Å². The fourth-order valence-electron chi connectivity index (χ4n) is 3.32. The molecule has 0 bridgehead atoms. The van der Waals surface area contributed by atoms with E-state index in [9.17, 15) is 13.2 Å². The normalized spacial score (nSPS) is 17.4. The molecule has 0 saturated carbocycles. The first-order valence-corrected chi connectivity index (χ1v) is 11.2. The highest BCUT2D eigenvalue weighted by Gasteiger charge is 2.34.